The zero-order chi connectivity index (χ0) is 15.8. The maximum atomic E-state index is 12.0. The Morgan fingerprint density at radius 1 is 1.52 bits per heavy atom. The van der Waals surface area contributed by atoms with Crippen LogP contribution in [0.25, 0.3) is 0 Å². The van der Waals surface area contributed by atoms with Crippen molar-refractivity contribution in [2.75, 3.05) is 6.54 Å². The van der Waals surface area contributed by atoms with Crippen LogP contribution >= 0.6 is 11.8 Å². The monoisotopic (exact) mass is 313 g/mol. The Labute approximate surface area is 127 Å². The van der Waals surface area contributed by atoms with Gasteiger partial charge in [-0.25, -0.2) is 4.79 Å². The molecule has 2 aliphatic heterocycles. The topological polar surface area (TPSA) is 87.7 Å². The predicted molar refractivity (Wildman–Crippen MR) is 78.1 cm³/mol. The van der Waals surface area contributed by atoms with Gasteiger partial charge < -0.3 is 15.4 Å². The van der Waals surface area contributed by atoms with Crippen molar-refractivity contribution in [3.05, 3.63) is 11.1 Å². The molecule has 0 aromatic carbocycles. The second-order valence-corrected chi connectivity index (χ2v) is 6.90. The molecule has 2 aliphatic rings. The lowest BCUT2D eigenvalue weighted by molar-refractivity contribution is -0.137. The predicted octanol–water partition coefficient (Wildman–Crippen LogP) is 0.772. The van der Waals surface area contributed by atoms with Gasteiger partial charge >= 0.3 is 6.09 Å². The highest BCUT2D eigenvalue weighted by atomic mass is 32.2. The van der Waals surface area contributed by atoms with Gasteiger partial charge in [-0.1, -0.05) is 0 Å². The molecule has 0 radical (unpaired) electrons. The van der Waals surface area contributed by atoms with Crippen LogP contribution < -0.4 is 10.6 Å². The molecule has 2 atom stereocenters. The third-order valence-electron chi connectivity index (χ3n) is 2.91. The van der Waals surface area contributed by atoms with Crippen LogP contribution in [0.15, 0.2) is 11.1 Å². The van der Waals surface area contributed by atoms with Crippen LogP contribution in [0.3, 0.4) is 0 Å². The van der Waals surface area contributed by atoms with Crippen molar-refractivity contribution in [3.63, 3.8) is 0 Å². The molecule has 0 aromatic heterocycles. The standard InChI is InChI=1S/C13H19N3O4S/c1-7(15-12(19)20-13(2,3)4)11-16-8(6-21-11)10(18)14-5-9(16)17/h6-7,11H,5H2,1-4H3,(H,14,18)(H,15,19). The Bertz CT molecular complexity index is 512. The Morgan fingerprint density at radius 2 is 2.19 bits per heavy atom. The van der Waals surface area contributed by atoms with E-state index in [4.69, 9.17) is 4.74 Å². The van der Waals surface area contributed by atoms with Crippen LogP contribution in [0.5, 0.6) is 0 Å². The number of hydrogen-bond donors (Lipinski definition) is 2. The summed E-state index contributed by atoms with van der Waals surface area (Å²) < 4.78 is 5.19. The fourth-order valence-electron chi connectivity index (χ4n) is 2.07. The molecule has 0 spiro atoms. The molecule has 0 aromatic rings. The quantitative estimate of drug-likeness (QED) is 0.786. The molecule has 2 heterocycles. The number of alkyl carbamates (subject to hydrolysis) is 1. The highest BCUT2D eigenvalue weighted by Crippen LogP contribution is 2.34. The number of thioether (sulfide) groups is 1. The largest absolute Gasteiger partial charge is 0.444 e. The summed E-state index contributed by atoms with van der Waals surface area (Å²) in [5, 5.41) is 6.52. The molecule has 3 amide bonds. The lowest BCUT2D eigenvalue weighted by Crippen LogP contribution is -2.56. The SMILES string of the molecule is CC(NC(=O)OC(C)(C)C)C1SC=C2C(=O)NCC(=O)N21. The average molecular weight is 313 g/mol. The first-order valence-corrected chi connectivity index (χ1v) is 7.59. The summed E-state index contributed by atoms with van der Waals surface area (Å²) in [5.74, 6) is -0.456. The van der Waals surface area contributed by atoms with Crippen molar-refractivity contribution in [2.45, 2.75) is 44.7 Å². The molecule has 116 valence electrons. The molecular weight excluding hydrogens is 294 g/mol. The van der Waals surface area contributed by atoms with Crippen LogP contribution in [0.2, 0.25) is 0 Å². The van der Waals surface area contributed by atoms with Crippen LogP contribution in [0.4, 0.5) is 4.79 Å². The first kappa shape index (κ1) is 15.7. The summed E-state index contributed by atoms with van der Waals surface area (Å²) in [6.07, 6.45) is -0.544. The number of ether oxygens (including phenoxy) is 1. The Hall–Kier alpha value is -1.70. The second-order valence-electron chi connectivity index (χ2n) is 5.91. The van der Waals surface area contributed by atoms with Crippen LogP contribution in [0, 0.1) is 0 Å². The maximum absolute atomic E-state index is 12.0. The van der Waals surface area contributed by atoms with Gasteiger partial charge in [-0.2, -0.15) is 0 Å². The number of carbonyl (C=O) groups is 3. The highest BCUT2D eigenvalue weighted by Gasteiger charge is 2.41. The third-order valence-corrected chi connectivity index (χ3v) is 4.16. The number of nitrogens with zero attached hydrogens (tertiary/aromatic N) is 1. The minimum atomic E-state index is -0.586. The molecule has 2 unspecified atom stereocenters. The molecule has 8 heteroatoms. The summed E-state index contributed by atoms with van der Waals surface area (Å²) in [6.45, 7) is 7.09. The van der Waals surface area contributed by atoms with E-state index >= 15 is 0 Å². The van der Waals surface area contributed by atoms with Gasteiger partial charge in [0.15, 0.2) is 0 Å². The zero-order valence-corrected chi connectivity index (χ0v) is 13.2. The number of nitrogens with one attached hydrogen (secondary N) is 2. The number of rotatable bonds is 2. The van der Waals surface area contributed by atoms with Crippen LogP contribution in [-0.2, 0) is 14.3 Å². The molecule has 0 bridgehead atoms. The first-order chi connectivity index (χ1) is 9.69. The molecule has 2 rings (SSSR count). The molecule has 21 heavy (non-hydrogen) atoms. The van der Waals surface area contributed by atoms with Gasteiger partial charge in [0.05, 0.1) is 12.6 Å². The van der Waals surface area contributed by atoms with E-state index in [1.807, 2.05) is 0 Å². The third kappa shape index (κ3) is 3.49. The van der Waals surface area contributed by atoms with E-state index in [1.54, 1.807) is 33.1 Å². The molecule has 1 saturated heterocycles. The Balaban J connectivity index is 2.01. The van der Waals surface area contributed by atoms with Gasteiger partial charge in [0.1, 0.15) is 16.7 Å². The maximum Gasteiger partial charge on any atom is 0.407 e. The average Bonchev–Trinajstić information content (AvgIpc) is 2.77. The number of fused-ring (bicyclic) bond motifs is 1. The normalized spacial score (nSPS) is 23.1. The molecular formula is C13H19N3O4S. The van der Waals surface area contributed by atoms with Gasteiger partial charge in [0.25, 0.3) is 5.91 Å². The van der Waals surface area contributed by atoms with Gasteiger partial charge in [-0.15, -0.1) is 11.8 Å². The number of amides is 3. The van der Waals surface area contributed by atoms with E-state index in [2.05, 4.69) is 10.6 Å². The molecule has 0 saturated carbocycles. The fourth-order valence-corrected chi connectivity index (χ4v) is 3.21. The van der Waals surface area contributed by atoms with Crippen LogP contribution in [0.1, 0.15) is 27.7 Å². The van der Waals surface area contributed by atoms with E-state index in [-0.39, 0.29) is 29.8 Å². The Kier molecular flexibility index (Phi) is 4.18. The van der Waals surface area contributed by atoms with Crippen molar-refractivity contribution < 1.29 is 19.1 Å². The summed E-state index contributed by atoms with van der Waals surface area (Å²) in [6, 6.07) is -0.353. The summed E-state index contributed by atoms with van der Waals surface area (Å²) in [4.78, 5) is 36.9. The summed E-state index contributed by atoms with van der Waals surface area (Å²) in [5.41, 5.74) is -0.254. The van der Waals surface area contributed by atoms with E-state index in [9.17, 15) is 14.4 Å². The van der Waals surface area contributed by atoms with E-state index in [1.165, 1.54) is 16.7 Å². The van der Waals surface area contributed by atoms with E-state index in [0.29, 0.717) is 5.70 Å². The second kappa shape index (κ2) is 5.59. The van der Waals surface area contributed by atoms with Crippen LogP contribution in [-0.4, -0.2) is 46.4 Å². The summed E-state index contributed by atoms with van der Waals surface area (Å²) in [7, 11) is 0. The van der Waals surface area contributed by atoms with Gasteiger partial charge in [-0.05, 0) is 27.7 Å². The minimum Gasteiger partial charge on any atom is -0.444 e. The number of piperazine rings is 1. The molecule has 2 N–H and O–H groups in total. The zero-order valence-electron chi connectivity index (χ0n) is 12.4. The van der Waals surface area contributed by atoms with E-state index < -0.39 is 11.7 Å². The van der Waals surface area contributed by atoms with Gasteiger partial charge in [-0.3, -0.25) is 14.5 Å². The molecule has 1 fully saturated rings. The summed E-state index contributed by atoms with van der Waals surface area (Å²) >= 11 is 1.34. The lowest BCUT2D eigenvalue weighted by atomic mass is 10.2. The smallest absolute Gasteiger partial charge is 0.407 e. The lowest BCUT2D eigenvalue weighted by Gasteiger charge is -2.33. The van der Waals surface area contributed by atoms with Crippen molar-refractivity contribution in [2.24, 2.45) is 0 Å². The fraction of sp³-hybridized carbons (Fsp3) is 0.615. The van der Waals surface area contributed by atoms with Crippen molar-refractivity contribution in [3.8, 4) is 0 Å². The number of carbonyl (C=O) groups excluding carboxylic acids is 3. The highest BCUT2D eigenvalue weighted by molar-refractivity contribution is 8.03. The Morgan fingerprint density at radius 3 is 2.81 bits per heavy atom. The van der Waals surface area contributed by atoms with Crippen molar-refractivity contribution in [1.82, 2.24) is 15.5 Å². The van der Waals surface area contributed by atoms with Gasteiger partial charge in [0.2, 0.25) is 5.91 Å². The van der Waals surface area contributed by atoms with Crippen molar-refractivity contribution >= 4 is 29.7 Å². The van der Waals surface area contributed by atoms with Crippen molar-refractivity contribution in [1.29, 1.82) is 0 Å². The minimum absolute atomic E-state index is 0.0214. The molecule has 7 nitrogen and oxygen atoms in total. The molecule has 0 aliphatic carbocycles. The van der Waals surface area contributed by atoms with Gasteiger partial charge in [0, 0.05) is 5.41 Å². The first-order valence-electron chi connectivity index (χ1n) is 6.64. The number of hydrogen-bond acceptors (Lipinski definition) is 5. The van der Waals surface area contributed by atoms with E-state index in [0.717, 1.165) is 0 Å².